The molecular weight excluding hydrogens is 238 g/mol. The Balaban J connectivity index is 2.14. The van der Waals surface area contributed by atoms with Gasteiger partial charge < -0.3 is 9.88 Å². The lowest BCUT2D eigenvalue weighted by Gasteiger charge is -2.16. The van der Waals surface area contributed by atoms with Crippen LogP contribution in [0.2, 0.25) is 0 Å². The predicted molar refractivity (Wildman–Crippen MR) is 75.8 cm³/mol. The van der Waals surface area contributed by atoms with Gasteiger partial charge in [0.1, 0.15) is 5.82 Å². The van der Waals surface area contributed by atoms with Crippen LogP contribution in [0, 0.1) is 0 Å². The maximum atomic E-state index is 4.52. The van der Waals surface area contributed by atoms with Crippen LogP contribution in [0.4, 0.5) is 0 Å². The molecule has 19 heavy (non-hydrogen) atoms. The normalized spacial score (nSPS) is 12.8. The molecule has 2 rings (SSSR count). The van der Waals surface area contributed by atoms with E-state index < -0.39 is 0 Å². The first-order valence-corrected chi connectivity index (χ1v) is 6.97. The number of aromatic nitrogens is 4. The third-order valence-corrected chi connectivity index (χ3v) is 3.26. The van der Waals surface area contributed by atoms with E-state index in [4.69, 9.17) is 0 Å². The van der Waals surface area contributed by atoms with Crippen LogP contribution in [0.15, 0.2) is 24.7 Å². The number of rotatable bonds is 7. The Kier molecular flexibility index (Phi) is 4.74. The van der Waals surface area contributed by atoms with Crippen LogP contribution in [0.25, 0.3) is 0 Å². The molecular formula is C14H23N5. The monoisotopic (exact) mass is 261 g/mol. The zero-order valence-corrected chi connectivity index (χ0v) is 12.0. The highest BCUT2D eigenvalue weighted by molar-refractivity contribution is 5.09. The molecule has 2 heterocycles. The molecule has 1 atom stereocenters. The van der Waals surface area contributed by atoms with Gasteiger partial charge in [0, 0.05) is 38.6 Å². The molecule has 0 saturated carbocycles. The highest BCUT2D eigenvalue weighted by Gasteiger charge is 2.16. The first kappa shape index (κ1) is 13.8. The number of aryl methyl sites for hydroxylation is 2. The number of nitrogens with one attached hydrogen (secondary N) is 1. The number of hydrogen-bond acceptors (Lipinski definition) is 3. The van der Waals surface area contributed by atoms with Gasteiger partial charge in [0.15, 0.2) is 0 Å². The predicted octanol–water partition coefficient (Wildman–Crippen LogP) is 1.92. The van der Waals surface area contributed by atoms with Crippen molar-refractivity contribution in [3.05, 3.63) is 36.2 Å². The molecule has 0 aliphatic carbocycles. The summed E-state index contributed by atoms with van der Waals surface area (Å²) in [5, 5.41) is 8.08. The molecule has 0 fully saturated rings. The Morgan fingerprint density at radius 2 is 2.16 bits per heavy atom. The average Bonchev–Trinajstić information content (AvgIpc) is 3.02. The largest absolute Gasteiger partial charge is 0.335 e. The summed E-state index contributed by atoms with van der Waals surface area (Å²) < 4.78 is 4.03. The van der Waals surface area contributed by atoms with Gasteiger partial charge in [-0.1, -0.05) is 6.92 Å². The number of imidazole rings is 1. The molecule has 5 heteroatoms. The van der Waals surface area contributed by atoms with Crippen LogP contribution in [0.1, 0.15) is 37.8 Å². The second-order valence-corrected chi connectivity index (χ2v) is 4.75. The fraction of sp³-hybridized carbons (Fsp3) is 0.571. The number of nitrogens with zero attached hydrogens (tertiary/aromatic N) is 4. The molecule has 0 radical (unpaired) electrons. The molecule has 2 aromatic rings. The quantitative estimate of drug-likeness (QED) is 0.828. The molecule has 0 aliphatic rings. The van der Waals surface area contributed by atoms with Crippen molar-refractivity contribution in [2.45, 2.75) is 39.3 Å². The van der Waals surface area contributed by atoms with Crippen LogP contribution in [-0.2, 0) is 20.0 Å². The molecule has 0 amide bonds. The summed E-state index contributed by atoms with van der Waals surface area (Å²) in [6.45, 7) is 6.27. The smallest absolute Gasteiger partial charge is 0.110 e. The summed E-state index contributed by atoms with van der Waals surface area (Å²) in [4.78, 5) is 4.46. The maximum Gasteiger partial charge on any atom is 0.110 e. The minimum Gasteiger partial charge on any atom is -0.335 e. The maximum absolute atomic E-state index is 4.52. The van der Waals surface area contributed by atoms with Crippen molar-refractivity contribution >= 4 is 0 Å². The topological polar surface area (TPSA) is 47.7 Å². The molecule has 1 unspecified atom stereocenters. The molecule has 5 nitrogen and oxygen atoms in total. The fourth-order valence-electron chi connectivity index (χ4n) is 2.22. The zero-order chi connectivity index (χ0) is 13.7. The van der Waals surface area contributed by atoms with E-state index >= 15 is 0 Å². The van der Waals surface area contributed by atoms with Gasteiger partial charge in [0.25, 0.3) is 0 Å². The second-order valence-electron chi connectivity index (χ2n) is 4.75. The van der Waals surface area contributed by atoms with Crippen LogP contribution < -0.4 is 5.32 Å². The first-order valence-electron chi connectivity index (χ1n) is 6.97. The summed E-state index contributed by atoms with van der Waals surface area (Å²) in [5.74, 6) is 1.11. The van der Waals surface area contributed by atoms with Gasteiger partial charge >= 0.3 is 0 Å². The van der Waals surface area contributed by atoms with E-state index in [1.54, 1.807) is 0 Å². The van der Waals surface area contributed by atoms with Crippen molar-refractivity contribution in [1.29, 1.82) is 0 Å². The summed E-state index contributed by atoms with van der Waals surface area (Å²) in [5.41, 5.74) is 1.08. The van der Waals surface area contributed by atoms with Gasteiger partial charge in [0.05, 0.1) is 11.7 Å². The van der Waals surface area contributed by atoms with Gasteiger partial charge in [-0.15, -0.1) is 0 Å². The summed E-state index contributed by atoms with van der Waals surface area (Å²) in [6, 6.07) is 2.31. The molecule has 0 saturated heterocycles. The summed E-state index contributed by atoms with van der Waals surface area (Å²) in [6.07, 6.45) is 7.88. The Morgan fingerprint density at radius 1 is 1.32 bits per heavy atom. The first-order chi connectivity index (χ1) is 9.24. The standard InChI is InChI=1S/C14H23N5/c1-4-7-15-13(12-6-9-18(3)17-12)11-14-16-8-10-19(14)5-2/h6,8-10,13,15H,4-5,7,11H2,1-3H3. The van der Waals surface area contributed by atoms with Gasteiger partial charge in [-0.2, -0.15) is 5.10 Å². The Bertz CT molecular complexity index is 499. The Labute approximate surface area is 114 Å². The Hall–Kier alpha value is -1.62. The van der Waals surface area contributed by atoms with Gasteiger partial charge in [-0.05, 0) is 26.0 Å². The van der Waals surface area contributed by atoms with Gasteiger partial charge in [-0.3, -0.25) is 4.68 Å². The van der Waals surface area contributed by atoms with Crippen molar-refractivity contribution in [3.8, 4) is 0 Å². The minimum atomic E-state index is 0.230. The average molecular weight is 261 g/mol. The lowest BCUT2D eigenvalue weighted by molar-refractivity contribution is 0.491. The summed E-state index contributed by atoms with van der Waals surface area (Å²) in [7, 11) is 1.95. The molecule has 0 aromatic carbocycles. The van der Waals surface area contributed by atoms with Crippen molar-refractivity contribution in [3.63, 3.8) is 0 Å². The lowest BCUT2D eigenvalue weighted by Crippen LogP contribution is -2.26. The van der Waals surface area contributed by atoms with Crippen molar-refractivity contribution in [2.75, 3.05) is 6.54 Å². The minimum absolute atomic E-state index is 0.230. The highest BCUT2D eigenvalue weighted by Crippen LogP contribution is 2.16. The van der Waals surface area contributed by atoms with E-state index in [1.807, 2.05) is 30.3 Å². The van der Waals surface area contributed by atoms with E-state index in [0.29, 0.717) is 0 Å². The molecule has 0 bridgehead atoms. The van der Waals surface area contributed by atoms with Gasteiger partial charge in [-0.25, -0.2) is 4.98 Å². The third kappa shape index (κ3) is 3.44. The van der Waals surface area contributed by atoms with E-state index in [9.17, 15) is 0 Å². The molecule has 2 aromatic heterocycles. The van der Waals surface area contributed by atoms with E-state index in [0.717, 1.165) is 37.4 Å². The lowest BCUT2D eigenvalue weighted by atomic mass is 10.1. The number of hydrogen-bond donors (Lipinski definition) is 1. The fourth-order valence-corrected chi connectivity index (χ4v) is 2.22. The van der Waals surface area contributed by atoms with Crippen LogP contribution in [0.3, 0.4) is 0 Å². The summed E-state index contributed by atoms with van der Waals surface area (Å²) >= 11 is 0. The molecule has 0 spiro atoms. The molecule has 1 N–H and O–H groups in total. The molecule has 0 aliphatic heterocycles. The highest BCUT2D eigenvalue weighted by atomic mass is 15.3. The van der Waals surface area contributed by atoms with Crippen LogP contribution in [-0.4, -0.2) is 25.9 Å². The SMILES string of the molecule is CCCNC(Cc1nccn1CC)c1ccn(C)n1. The molecule has 104 valence electrons. The van der Waals surface area contributed by atoms with Crippen LogP contribution in [0.5, 0.6) is 0 Å². The third-order valence-electron chi connectivity index (χ3n) is 3.26. The van der Waals surface area contributed by atoms with Crippen molar-refractivity contribution in [2.24, 2.45) is 7.05 Å². The van der Waals surface area contributed by atoms with Crippen LogP contribution >= 0.6 is 0 Å². The second kappa shape index (κ2) is 6.52. The Morgan fingerprint density at radius 3 is 2.79 bits per heavy atom. The van der Waals surface area contributed by atoms with Crippen molar-refractivity contribution in [1.82, 2.24) is 24.6 Å². The zero-order valence-electron chi connectivity index (χ0n) is 12.0. The van der Waals surface area contributed by atoms with Crippen molar-refractivity contribution < 1.29 is 0 Å². The van der Waals surface area contributed by atoms with E-state index in [1.165, 1.54) is 0 Å². The van der Waals surface area contributed by atoms with E-state index in [2.05, 4.69) is 39.9 Å². The van der Waals surface area contributed by atoms with E-state index in [-0.39, 0.29) is 6.04 Å². The van der Waals surface area contributed by atoms with Gasteiger partial charge in [0.2, 0.25) is 0 Å².